The van der Waals surface area contributed by atoms with Crippen molar-refractivity contribution in [1.82, 2.24) is 9.80 Å². The van der Waals surface area contributed by atoms with Gasteiger partial charge < -0.3 is 14.5 Å². The van der Waals surface area contributed by atoms with Crippen LogP contribution < -0.4 is 4.74 Å². The van der Waals surface area contributed by atoms with E-state index < -0.39 is 0 Å². The fourth-order valence-electron chi connectivity index (χ4n) is 3.80. The quantitative estimate of drug-likeness (QED) is 0.647. The van der Waals surface area contributed by atoms with Gasteiger partial charge in [0.2, 0.25) is 5.91 Å². The van der Waals surface area contributed by atoms with E-state index in [2.05, 4.69) is 24.3 Å². The van der Waals surface area contributed by atoms with Crippen LogP contribution in [0.15, 0.2) is 48.5 Å². The minimum Gasteiger partial charge on any atom is -0.484 e. The molecule has 0 unspecified atom stereocenters. The zero-order valence-corrected chi connectivity index (χ0v) is 18.4. The Kier molecular flexibility index (Phi) is 8.04. The molecule has 0 atom stereocenters. The molecule has 1 aliphatic rings. The zero-order valence-electron chi connectivity index (χ0n) is 18.4. The summed E-state index contributed by atoms with van der Waals surface area (Å²) in [5, 5.41) is 0. The van der Waals surface area contributed by atoms with Gasteiger partial charge in [0.25, 0.3) is 5.91 Å². The van der Waals surface area contributed by atoms with Crippen LogP contribution in [-0.4, -0.2) is 55.4 Å². The van der Waals surface area contributed by atoms with Gasteiger partial charge in [0.05, 0.1) is 0 Å². The Morgan fingerprint density at radius 2 is 1.61 bits per heavy atom. The lowest BCUT2D eigenvalue weighted by molar-refractivity contribution is -0.134. The van der Waals surface area contributed by atoms with E-state index in [0.29, 0.717) is 18.1 Å². The molecule has 3 rings (SSSR count). The van der Waals surface area contributed by atoms with Gasteiger partial charge in [-0.2, -0.15) is 0 Å². The largest absolute Gasteiger partial charge is 0.484 e. The minimum absolute atomic E-state index is 0.0198. The van der Waals surface area contributed by atoms with Crippen LogP contribution >= 0.6 is 0 Å². The highest BCUT2D eigenvalue weighted by molar-refractivity contribution is 5.77. The number of hydrogen-bond acceptors (Lipinski definition) is 3. The van der Waals surface area contributed by atoms with Gasteiger partial charge >= 0.3 is 0 Å². The molecule has 2 amide bonds. The first kappa shape index (κ1) is 22.8. The van der Waals surface area contributed by atoms with Crippen LogP contribution in [0.2, 0.25) is 0 Å². The Morgan fingerprint density at radius 1 is 1.00 bits per heavy atom. The number of benzene rings is 2. The van der Waals surface area contributed by atoms with Crippen LogP contribution in [0.5, 0.6) is 5.75 Å². The van der Waals surface area contributed by atoms with Crippen LogP contribution in [0, 0.1) is 11.7 Å². The topological polar surface area (TPSA) is 49.9 Å². The molecular weight excluding hydrogens is 395 g/mol. The number of amides is 2. The number of hydrogen-bond donors (Lipinski definition) is 0. The Morgan fingerprint density at radius 3 is 2.23 bits per heavy atom. The first-order valence-electron chi connectivity index (χ1n) is 10.8. The average Bonchev–Trinajstić information content (AvgIpc) is 2.78. The number of carbonyl (C=O) groups is 2. The predicted molar refractivity (Wildman–Crippen MR) is 118 cm³/mol. The molecule has 0 aliphatic carbocycles. The second-order valence-electron chi connectivity index (χ2n) is 8.38. The van der Waals surface area contributed by atoms with Gasteiger partial charge in [-0.25, -0.2) is 4.39 Å². The summed E-state index contributed by atoms with van der Waals surface area (Å²) >= 11 is 0. The zero-order chi connectivity index (χ0) is 22.2. The Balaban J connectivity index is 1.38. The van der Waals surface area contributed by atoms with E-state index in [4.69, 9.17) is 4.74 Å². The molecule has 0 spiro atoms. The Hall–Kier alpha value is -2.89. The number of nitrogens with zero attached hydrogens (tertiary/aromatic N) is 2. The van der Waals surface area contributed by atoms with Crippen molar-refractivity contribution < 1.29 is 18.7 Å². The molecule has 1 saturated heterocycles. The van der Waals surface area contributed by atoms with Crippen molar-refractivity contribution in [2.24, 2.45) is 5.92 Å². The first-order valence-corrected chi connectivity index (χ1v) is 10.8. The standard InChI is InChI=1S/C25H31FN2O3/c1-27(2)24(29)12-7-19-3-5-20(6-4-19)17-21-13-15-28(16-14-21)25(30)18-31-23-10-8-22(26)9-11-23/h3-6,8-11,21H,7,12-18H2,1-2H3. The first-order chi connectivity index (χ1) is 14.9. The van der Waals surface area contributed by atoms with Gasteiger partial charge in [0.15, 0.2) is 6.61 Å². The van der Waals surface area contributed by atoms with Gasteiger partial charge in [-0.05, 0) is 67.0 Å². The van der Waals surface area contributed by atoms with E-state index in [-0.39, 0.29) is 24.2 Å². The molecular formula is C25H31FN2O3. The fraction of sp³-hybridized carbons (Fsp3) is 0.440. The molecule has 2 aromatic carbocycles. The van der Waals surface area contributed by atoms with Crippen molar-refractivity contribution in [3.8, 4) is 5.75 Å². The summed E-state index contributed by atoms with van der Waals surface area (Å²) in [7, 11) is 3.56. The van der Waals surface area contributed by atoms with Crippen molar-refractivity contribution in [3.05, 3.63) is 65.5 Å². The number of carbonyl (C=O) groups excluding carboxylic acids is 2. The number of likely N-dealkylation sites (tertiary alicyclic amines) is 1. The number of rotatable bonds is 8. The number of ether oxygens (including phenoxy) is 1. The molecule has 0 saturated carbocycles. The SMILES string of the molecule is CN(C)C(=O)CCc1ccc(CC2CCN(C(=O)COc3ccc(F)cc3)CC2)cc1. The highest BCUT2D eigenvalue weighted by Gasteiger charge is 2.23. The van der Waals surface area contributed by atoms with E-state index in [0.717, 1.165) is 38.8 Å². The molecule has 0 bridgehead atoms. The molecule has 6 heteroatoms. The minimum atomic E-state index is -0.324. The molecule has 1 aliphatic heterocycles. The van der Waals surface area contributed by atoms with E-state index >= 15 is 0 Å². The monoisotopic (exact) mass is 426 g/mol. The third kappa shape index (κ3) is 7.09. The summed E-state index contributed by atoms with van der Waals surface area (Å²) in [5.74, 6) is 0.852. The van der Waals surface area contributed by atoms with Crippen LogP contribution in [0.25, 0.3) is 0 Å². The summed E-state index contributed by atoms with van der Waals surface area (Å²) in [6, 6.07) is 14.2. The van der Waals surface area contributed by atoms with Gasteiger partial charge in [0, 0.05) is 33.6 Å². The number of aryl methyl sites for hydroxylation is 1. The lowest BCUT2D eigenvalue weighted by atomic mass is 9.89. The normalized spacial score (nSPS) is 14.4. The van der Waals surface area contributed by atoms with Crippen molar-refractivity contribution >= 4 is 11.8 Å². The molecule has 0 aromatic heterocycles. The summed E-state index contributed by atoms with van der Waals surface area (Å²) in [6.07, 6.45) is 4.25. The van der Waals surface area contributed by atoms with Crippen molar-refractivity contribution in [1.29, 1.82) is 0 Å². The molecule has 1 heterocycles. The lowest BCUT2D eigenvalue weighted by Crippen LogP contribution is -2.41. The van der Waals surface area contributed by atoms with Crippen LogP contribution in [-0.2, 0) is 22.4 Å². The highest BCUT2D eigenvalue weighted by Crippen LogP contribution is 2.22. The third-order valence-corrected chi connectivity index (χ3v) is 5.82. The fourth-order valence-corrected chi connectivity index (χ4v) is 3.80. The maximum atomic E-state index is 12.9. The Bertz CT molecular complexity index is 857. The molecule has 31 heavy (non-hydrogen) atoms. The van der Waals surface area contributed by atoms with Crippen LogP contribution in [0.3, 0.4) is 0 Å². The maximum absolute atomic E-state index is 12.9. The second-order valence-corrected chi connectivity index (χ2v) is 8.38. The van der Waals surface area contributed by atoms with Crippen molar-refractivity contribution in [2.75, 3.05) is 33.8 Å². The lowest BCUT2D eigenvalue weighted by Gasteiger charge is -2.32. The molecule has 0 radical (unpaired) electrons. The van der Waals surface area contributed by atoms with Gasteiger partial charge in [-0.3, -0.25) is 9.59 Å². The van der Waals surface area contributed by atoms with E-state index in [1.807, 2.05) is 4.90 Å². The third-order valence-electron chi connectivity index (χ3n) is 5.82. The van der Waals surface area contributed by atoms with Crippen molar-refractivity contribution in [3.63, 3.8) is 0 Å². The van der Waals surface area contributed by atoms with E-state index in [1.165, 1.54) is 35.4 Å². The van der Waals surface area contributed by atoms with Crippen LogP contribution in [0.4, 0.5) is 4.39 Å². The maximum Gasteiger partial charge on any atom is 0.260 e. The highest BCUT2D eigenvalue weighted by atomic mass is 19.1. The molecule has 166 valence electrons. The predicted octanol–water partition coefficient (Wildman–Crippen LogP) is 3.71. The van der Waals surface area contributed by atoms with Gasteiger partial charge in [0.1, 0.15) is 11.6 Å². The second kappa shape index (κ2) is 10.9. The molecule has 5 nitrogen and oxygen atoms in total. The van der Waals surface area contributed by atoms with E-state index in [1.54, 1.807) is 19.0 Å². The number of halogens is 1. The van der Waals surface area contributed by atoms with Gasteiger partial charge in [-0.15, -0.1) is 0 Å². The summed E-state index contributed by atoms with van der Waals surface area (Å²) < 4.78 is 18.4. The van der Waals surface area contributed by atoms with Crippen molar-refractivity contribution in [2.45, 2.75) is 32.1 Å². The molecule has 0 N–H and O–H groups in total. The van der Waals surface area contributed by atoms with Crippen LogP contribution in [0.1, 0.15) is 30.4 Å². The smallest absolute Gasteiger partial charge is 0.260 e. The van der Waals surface area contributed by atoms with E-state index in [9.17, 15) is 14.0 Å². The number of piperidine rings is 1. The molecule has 2 aromatic rings. The Labute approximate surface area is 183 Å². The molecule has 1 fully saturated rings. The summed E-state index contributed by atoms with van der Waals surface area (Å²) in [6.45, 7) is 1.45. The average molecular weight is 427 g/mol. The van der Waals surface area contributed by atoms with Gasteiger partial charge in [-0.1, -0.05) is 24.3 Å². The summed E-state index contributed by atoms with van der Waals surface area (Å²) in [5.41, 5.74) is 2.48. The summed E-state index contributed by atoms with van der Waals surface area (Å²) in [4.78, 5) is 27.6.